The predicted octanol–water partition coefficient (Wildman–Crippen LogP) is 2.88. The summed E-state index contributed by atoms with van der Waals surface area (Å²) in [4.78, 5) is 0. The minimum Gasteiger partial charge on any atom is -0.493 e. The van der Waals surface area contributed by atoms with Crippen LogP contribution < -0.4 is 14.8 Å². The Morgan fingerprint density at radius 3 is 2.57 bits per heavy atom. The lowest BCUT2D eigenvalue weighted by atomic mass is 9.74. The predicted molar refractivity (Wildman–Crippen MR) is 84.1 cm³/mol. The fourth-order valence-corrected chi connectivity index (χ4v) is 3.15. The van der Waals surface area contributed by atoms with Crippen LogP contribution in [-0.2, 0) is 10.2 Å². The van der Waals surface area contributed by atoms with Crippen LogP contribution in [0.2, 0.25) is 0 Å². The van der Waals surface area contributed by atoms with E-state index in [1.807, 2.05) is 6.07 Å². The summed E-state index contributed by atoms with van der Waals surface area (Å²) in [6, 6.07) is 6.21. The maximum atomic E-state index is 5.45. The van der Waals surface area contributed by atoms with E-state index in [1.165, 1.54) is 11.3 Å². The maximum absolute atomic E-state index is 5.45. The Bertz CT molecular complexity index is 513. The molecular weight excluding hydrogens is 266 g/mol. The highest BCUT2D eigenvalue weighted by Crippen LogP contribution is 2.43. The smallest absolute Gasteiger partial charge is 0.161 e. The quantitative estimate of drug-likeness (QED) is 0.875. The van der Waals surface area contributed by atoms with Gasteiger partial charge in [0, 0.05) is 24.8 Å². The fourth-order valence-electron chi connectivity index (χ4n) is 3.15. The third kappa shape index (κ3) is 2.86. The van der Waals surface area contributed by atoms with Gasteiger partial charge in [0.05, 0.1) is 20.8 Å². The lowest BCUT2D eigenvalue weighted by Gasteiger charge is -2.30. The number of hydrogen-bond donors (Lipinski definition) is 1. The van der Waals surface area contributed by atoms with Gasteiger partial charge in [-0.15, -0.1) is 0 Å². The highest BCUT2D eigenvalue weighted by atomic mass is 16.5. The summed E-state index contributed by atoms with van der Waals surface area (Å²) in [5.74, 6) is 1.54. The molecule has 1 aromatic carbocycles. The molecule has 0 amide bonds. The molecule has 1 heterocycles. The molecule has 1 aliphatic heterocycles. The molecule has 1 saturated heterocycles. The van der Waals surface area contributed by atoms with Gasteiger partial charge < -0.3 is 19.5 Å². The summed E-state index contributed by atoms with van der Waals surface area (Å²) in [5.41, 5.74) is 2.52. The van der Waals surface area contributed by atoms with E-state index >= 15 is 0 Å². The minimum absolute atomic E-state index is 0.0120. The molecule has 1 aromatic rings. The summed E-state index contributed by atoms with van der Waals surface area (Å²) in [7, 11) is 5.05. The minimum atomic E-state index is 0.0120. The van der Waals surface area contributed by atoms with Crippen molar-refractivity contribution in [2.45, 2.75) is 25.2 Å². The third-order valence-corrected chi connectivity index (χ3v) is 4.38. The van der Waals surface area contributed by atoms with Crippen molar-refractivity contribution in [3.63, 3.8) is 0 Å². The highest BCUT2D eigenvalue weighted by Gasteiger charge is 2.38. The first kappa shape index (κ1) is 15.7. The Balaban J connectivity index is 2.45. The van der Waals surface area contributed by atoms with E-state index in [-0.39, 0.29) is 5.41 Å². The fraction of sp³-hybridized carbons (Fsp3) is 0.529. The van der Waals surface area contributed by atoms with E-state index in [0.29, 0.717) is 6.61 Å². The van der Waals surface area contributed by atoms with Gasteiger partial charge in [-0.25, -0.2) is 0 Å². The molecular formula is C17H25NO3. The van der Waals surface area contributed by atoms with Crippen molar-refractivity contribution in [3.8, 4) is 11.5 Å². The average molecular weight is 291 g/mol. The van der Waals surface area contributed by atoms with Crippen molar-refractivity contribution in [3.05, 3.63) is 35.5 Å². The van der Waals surface area contributed by atoms with E-state index in [0.717, 1.165) is 30.9 Å². The molecule has 1 N–H and O–H groups in total. The first-order chi connectivity index (χ1) is 10.2. The Labute approximate surface area is 127 Å². The van der Waals surface area contributed by atoms with Crippen molar-refractivity contribution in [2.24, 2.45) is 0 Å². The van der Waals surface area contributed by atoms with Gasteiger partial charge in [0.15, 0.2) is 11.5 Å². The van der Waals surface area contributed by atoms with Gasteiger partial charge in [0.1, 0.15) is 0 Å². The molecule has 1 atom stereocenters. The molecule has 0 bridgehead atoms. The molecule has 0 spiro atoms. The van der Waals surface area contributed by atoms with Crippen LogP contribution in [0.3, 0.4) is 0 Å². The zero-order valence-electron chi connectivity index (χ0n) is 13.4. The second kappa shape index (κ2) is 6.85. The molecule has 1 aliphatic rings. The molecule has 2 rings (SSSR count). The van der Waals surface area contributed by atoms with Gasteiger partial charge in [-0.2, -0.15) is 0 Å². The lowest BCUT2D eigenvalue weighted by Crippen LogP contribution is -2.26. The number of nitrogens with one attached hydrogen (secondary N) is 1. The largest absolute Gasteiger partial charge is 0.493 e. The number of rotatable bonds is 6. The van der Waals surface area contributed by atoms with Gasteiger partial charge >= 0.3 is 0 Å². The van der Waals surface area contributed by atoms with Crippen molar-refractivity contribution < 1.29 is 14.2 Å². The van der Waals surface area contributed by atoms with Crippen LogP contribution in [0, 0.1) is 0 Å². The monoisotopic (exact) mass is 291 g/mol. The second-order valence-corrected chi connectivity index (χ2v) is 5.26. The van der Waals surface area contributed by atoms with Crippen LogP contribution in [0.15, 0.2) is 30.0 Å². The van der Waals surface area contributed by atoms with Gasteiger partial charge in [-0.05, 0) is 36.6 Å². The normalized spacial score (nSPS) is 23.1. The van der Waals surface area contributed by atoms with Crippen molar-refractivity contribution in [2.75, 3.05) is 34.5 Å². The highest BCUT2D eigenvalue weighted by molar-refractivity contribution is 5.48. The van der Waals surface area contributed by atoms with Crippen LogP contribution in [0.5, 0.6) is 11.5 Å². The van der Waals surface area contributed by atoms with Crippen molar-refractivity contribution in [1.82, 2.24) is 5.32 Å². The Morgan fingerprint density at radius 2 is 1.95 bits per heavy atom. The average Bonchev–Trinajstić information content (AvgIpc) is 2.96. The van der Waals surface area contributed by atoms with Gasteiger partial charge in [0.25, 0.3) is 0 Å². The van der Waals surface area contributed by atoms with E-state index in [9.17, 15) is 0 Å². The molecule has 1 fully saturated rings. The van der Waals surface area contributed by atoms with Crippen LogP contribution >= 0.6 is 0 Å². The van der Waals surface area contributed by atoms with E-state index in [4.69, 9.17) is 14.2 Å². The SMILES string of the molecule is CC[C@@]1(c2ccc(OC)c(OC)c2)CCN/C1=C/COC. The first-order valence-electron chi connectivity index (χ1n) is 7.37. The summed E-state index contributed by atoms with van der Waals surface area (Å²) in [6.07, 6.45) is 4.26. The number of ether oxygens (including phenoxy) is 3. The van der Waals surface area contributed by atoms with Crippen LogP contribution in [0.1, 0.15) is 25.3 Å². The van der Waals surface area contributed by atoms with Crippen LogP contribution in [0.4, 0.5) is 0 Å². The number of methoxy groups -OCH3 is 3. The van der Waals surface area contributed by atoms with E-state index in [2.05, 4.69) is 30.4 Å². The standard InChI is InChI=1S/C17H25NO3/c1-5-17(9-10-18-16(17)8-11-19-2)13-6-7-14(20-3)15(12-13)21-4/h6-8,12,18H,5,9-11H2,1-4H3/b16-8+/t17-/m0/s1. The second-order valence-electron chi connectivity index (χ2n) is 5.26. The van der Waals surface area contributed by atoms with Crippen LogP contribution in [0.25, 0.3) is 0 Å². The number of allylic oxidation sites excluding steroid dienone is 1. The van der Waals surface area contributed by atoms with E-state index in [1.54, 1.807) is 21.3 Å². The summed E-state index contributed by atoms with van der Waals surface area (Å²) < 4.78 is 16.0. The Hall–Kier alpha value is -1.68. The molecule has 0 aromatic heterocycles. The zero-order chi connectivity index (χ0) is 15.3. The molecule has 0 saturated carbocycles. The van der Waals surface area contributed by atoms with Crippen LogP contribution in [-0.4, -0.2) is 34.5 Å². The van der Waals surface area contributed by atoms with E-state index < -0.39 is 0 Å². The zero-order valence-corrected chi connectivity index (χ0v) is 13.4. The molecule has 0 radical (unpaired) electrons. The van der Waals surface area contributed by atoms with Gasteiger partial charge in [-0.1, -0.05) is 13.0 Å². The summed E-state index contributed by atoms with van der Waals surface area (Å²) in [5, 5.41) is 3.51. The molecule has 4 heteroatoms. The number of hydrogen-bond acceptors (Lipinski definition) is 4. The van der Waals surface area contributed by atoms with Gasteiger partial charge in [0.2, 0.25) is 0 Å². The molecule has 0 unspecified atom stereocenters. The van der Waals surface area contributed by atoms with Crippen molar-refractivity contribution in [1.29, 1.82) is 0 Å². The van der Waals surface area contributed by atoms with Crippen molar-refractivity contribution >= 4 is 0 Å². The molecule has 4 nitrogen and oxygen atoms in total. The molecule has 21 heavy (non-hydrogen) atoms. The molecule has 0 aliphatic carbocycles. The topological polar surface area (TPSA) is 39.7 Å². The summed E-state index contributed by atoms with van der Waals surface area (Å²) >= 11 is 0. The molecule has 116 valence electrons. The first-order valence-corrected chi connectivity index (χ1v) is 7.37. The lowest BCUT2D eigenvalue weighted by molar-refractivity contribution is 0.232. The third-order valence-electron chi connectivity index (χ3n) is 4.38. The maximum Gasteiger partial charge on any atom is 0.161 e. The van der Waals surface area contributed by atoms with Gasteiger partial charge in [-0.3, -0.25) is 0 Å². The summed E-state index contributed by atoms with van der Waals surface area (Å²) in [6.45, 7) is 3.83. The Morgan fingerprint density at radius 1 is 1.19 bits per heavy atom. The number of benzene rings is 1. The Kier molecular flexibility index (Phi) is 5.12.